The van der Waals surface area contributed by atoms with Crippen molar-refractivity contribution in [3.63, 3.8) is 0 Å². The van der Waals surface area contributed by atoms with Crippen LogP contribution in [0.2, 0.25) is 0 Å². The standard InChI is InChI=1S/C14H28O4/c15-11-3-1-2-4-12(16)6-8-14(18)10-9-13(17)7-5-11/h11-18H,1-10H2. The molecule has 0 amide bonds. The molecule has 4 N–H and O–H groups in total. The van der Waals surface area contributed by atoms with Crippen LogP contribution in [0.25, 0.3) is 0 Å². The topological polar surface area (TPSA) is 80.9 Å². The van der Waals surface area contributed by atoms with Crippen LogP contribution in [0.5, 0.6) is 0 Å². The van der Waals surface area contributed by atoms with Crippen LogP contribution in [-0.2, 0) is 0 Å². The predicted octanol–water partition coefficient (Wildman–Crippen LogP) is 1.34. The monoisotopic (exact) mass is 260 g/mol. The molecule has 4 heteroatoms. The van der Waals surface area contributed by atoms with E-state index in [2.05, 4.69) is 0 Å². The fourth-order valence-electron chi connectivity index (χ4n) is 2.49. The Bertz CT molecular complexity index is 188. The Labute approximate surface area is 110 Å². The van der Waals surface area contributed by atoms with Gasteiger partial charge in [0.2, 0.25) is 0 Å². The van der Waals surface area contributed by atoms with E-state index < -0.39 is 12.2 Å². The minimum absolute atomic E-state index is 0.343. The van der Waals surface area contributed by atoms with Gasteiger partial charge in [-0.15, -0.1) is 0 Å². The molecule has 0 radical (unpaired) electrons. The van der Waals surface area contributed by atoms with E-state index in [-0.39, 0.29) is 12.2 Å². The van der Waals surface area contributed by atoms with Crippen molar-refractivity contribution in [1.29, 1.82) is 0 Å². The van der Waals surface area contributed by atoms with E-state index in [4.69, 9.17) is 0 Å². The van der Waals surface area contributed by atoms with Gasteiger partial charge in [-0.25, -0.2) is 0 Å². The van der Waals surface area contributed by atoms with Crippen molar-refractivity contribution in [2.75, 3.05) is 0 Å². The summed E-state index contributed by atoms with van der Waals surface area (Å²) in [6.07, 6.45) is 5.40. The molecule has 108 valence electrons. The lowest BCUT2D eigenvalue weighted by molar-refractivity contribution is 0.0682. The van der Waals surface area contributed by atoms with Crippen molar-refractivity contribution in [2.24, 2.45) is 0 Å². The zero-order valence-electron chi connectivity index (χ0n) is 11.2. The molecular formula is C14H28O4. The highest BCUT2D eigenvalue weighted by atomic mass is 16.3. The summed E-state index contributed by atoms with van der Waals surface area (Å²) in [5, 5.41) is 38.9. The van der Waals surface area contributed by atoms with E-state index in [9.17, 15) is 20.4 Å². The second-order valence-corrected chi connectivity index (χ2v) is 5.63. The lowest BCUT2D eigenvalue weighted by Crippen LogP contribution is -2.18. The third-order valence-electron chi connectivity index (χ3n) is 3.82. The molecule has 4 nitrogen and oxygen atoms in total. The quantitative estimate of drug-likeness (QED) is 0.530. The Kier molecular flexibility index (Phi) is 7.82. The fourth-order valence-corrected chi connectivity index (χ4v) is 2.49. The summed E-state index contributed by atoms with van der Waals surface area (Å²) in [6.45, 7) is 0. The van der Waals surface area contributed by atoms with E-state index in [0.717, 1.165) is 25.7 Å². The molecule has 4 atom stereocenters. The van der Waals surface area contributed by atoms with E-state index in [0.29, 0.717) is 38.5 Å². The molecule has 1 aliphatic carbocycles. The lowest BCUT2D eigenvalue weighted by atomic mass is 9.96. The van der Waals surface area contributed by atoms with Crippen LogP contribution in [0, 0.1) is 0 Å². The first-order valence-electron chi connectivity index (χ1n) is 7.30. The van der Waals surface area contributed by atoms with Crippen molar-refractivity contribution < 1.29 is 20.4 Å². The molecule has 1 aliphatic rings. The van der Waals surface area contributed by atoms with Crippen molar-refractivity contribution in [1.82, 2.24) is 0 Å². The van der Waals surface area contributed by atoms with E-state index in [1.807, 2.05) is 0 Å². The van der Waals surface area contributed by atoms with Crippen LogP contribution in [0.3, 0.4) is 0 Å². The van der Waals surface area contributed by atoms with Crippen LogP contribution in [0.15, 0.2) is 0 Å². The molecule has 1 fully saturated rings. The maximum atomic E-state index is 9.73. The molecule has 0 heterocycles. The maximum Gasteiger partial charge on any atom is 0.0542 e. The Morgan fingerprint density at radius 1 is 0.389 bits per heavy atom. The predicted molar refractivity (Wildman–Crippen MR) is 70.2 cm³/mol. The van der Waals surface area contributed by atoms with Gasteiger partial charge in [0.15, 0.2) is 0 Å². The van der Waals surface area contributed by atoms with Gasteiger partial charge in [-0.05, 0) is 51.4 Å². The van der Waals surface area contributed by atoms with Gasteiger partial charge in [0, 0.05) is 0 Å². The Balaban J connectivity index is 2.37. The average Bonchev–Trinajstić information content (AvgIpc) is 2.35. The second-order valence-electron chi connectivity index (χ2n) is 5.63. The summed E-state index contributed by atoms with van der Waals surface area (Å²) >= 11 is 0. The molecule has 0 spiro atoms. The van der Waals surface area contributed by atoms with Gasteiger partial charge in [0.05, 0.1) is 24.4 Å². The van der Waals surface area contributed by atoms with Gasteiger partial charge >= 0.3 is 0 Å². The van der Waals surface area contributed by atoms with Gasteiger partial charge in [-0.1, -0.05) is 12.8 Å². The molecule has 4 unspecified atom stereocenters. The molecule has 1 saturated carbocycles. The molecule has 0 bridgehead atoms. The van der Waals surface area contributed by atoms with Gasteiger partial charge in [0.1, 0.15) is 0 Å². The van der Waals surface area contributed by atoms with Crippen LogP contribution < -0.4 is 0 Å². The van der Waals surface area contributed by atoms with Crippen molar-refractivity contribution in [3.8, 4) is 0 Å². The highest BCUT2D eigenvalue weighted by molar-refractivity contribution is 4.68. The van der Waals surface area contributed by atoms with Gasteiger partial charge in [0.25, 0.3) is 0 Å². The Morgan fingerprint density at radius 2 is 0.611 bits per heavy atom. The highest BCUT2D eigenvalue weighted by Gasteiger charge is 2.15. The summed E-state index contributed by atoms with van der Waals surface area (Å²) < 4.78 is 0. The van der Waals surface area contributed by atoms with Crippen molar-refractivity contribution in [2.45, 2.75) is 88.6 Å². The van der Waals surface area contributed by atoms with Crippen LogP contribution in [-0.4, -0.2) is 44.8 Å². The van der Waals surface area contributed by atoms with E-state index in [1.165, 1.54) is 0 Å². The number of hydrogen-bond donors (Lipinski definition) is 4. The first kappa shape index (κ1) is 15.9. The fraction of sp³-hybridized carbons (Fsp3) is 1.00. The minimum atomic E-state index is -0.429. The molecule has 0 aromatic rings. The SMILES string of the molecule is OC1CCCCC(O)CCC(O)CCC(O)CC1. The summed E-state index contributed by atoms with van der Waals surface area (Å²) in [6, 6.07) is 0. The zero-order valence-corrected chi connectivity index (χ0v) is 11.2. The second kappa shape index (κ2) is 8.86. The number of aliphatic hydroxyl groups is 4. The molecule has 0 aromatic heterocycles. The zero-order chi connectivity index (χ0) is 13.4. The van der Waals surface area contributed by atoms with E-state index >= 15 is 0 Å². The highest BCUT2D eigenvalue weighted by Crippen LogP contribution is 2.17. The lowest BCUT2D eigenvalue weighted by Gasteiger charge is -2.19. The third kappa shape index (κ3) is 7.31. The normalized spacial score (nSPS) is 38.0. The number of hydrogen-bond acceptors (Lipinski definition) is 4. The smallest absolute Gasteiger partial charge is 0.0542 e. The average molecular weight is 260 g/mol. The largest absolute Gasteiger partial charge is 0.393 e. The van der Waals surface area contributed by atoms with Gasteiger partial charge in [-0.3, -0.25) is 0 Å². The molecular weight excluding hydrogens is 232 g/mol. The first-order chi connectivity index (χ1) is 8.58. The molecule has 0 aliphatic heterocycles. The molecule has 0 saturated heterocycles. The van der Waals surface area contributed by atoms with Gasteiger partial charge in [-0.2, -0.15) is 0 Å². The maximum absolute atomic E-state index is 9.73. The molecule has 1 rings (SSSR count). The summed E-state index contributed by atoms with van der Waals surface area (Å²) in [7, 11) is 0. The number of aliphatic hydroxyl groups excluding tert-OH is 4. The Morgan fingerprint density at radius 3 is 0.889 bits per heavy atom. The Hall–Kier alpha value is -0.160. The van der Waals surface area contributed by atoms with Crippen molar-refractivity contribution >= 4 is 0 Å². The van der Waals surface area contributed by atoms with Crippen LogP contribution in [0.1, 0.15) is 64.2 Å². The van der Waals surface area contributed by atoms with E-state index in [1.54, 1.807) is 0 Å². The van der Waals surface area contributed by atoms with Crippen LogP contribution in [0.4, 0.5) is 0 Å². The summed E-state index contributed by atoms with van der Waals surface area (Å²) in [4.78, 5) is 0. The van der Waals surface area contributed by atoms with Crippen LogP contribution >= 0.6 is 0 Å². The summed E-state index contributed by atoms with van der Waals surface area (Å²) in [5.41, 5.74) is 0. The first-order valence-corrected chi connectivity index (χ1v) is 7.30. The third-order valence-corrected chi connectivity index (χ3v) is 3.82. The van der Waals surface area contributed by atoms with Gasteiger partial charge < -0.3 is 20.4 Å². The molecule has 18 heavy (non-hydrogen) atoms. The summed E-state index contributed by atoms with van der Waals surface area (Å²) in [5.74, 6) is 0. The molecule has 0 aromatic carbocycles. The van der Waals surface area contributed by atoms with Crippen molar-refractivity contribution in [3.05, 3.63) is 0 Å². The number of rotatable bonds is 0. The minimum Gasteiger partial charge on any atom is -0.393 e.